The Bertz CT molecular complexity index is 747. The van der Waals surface area contributed by atoms with Crippen LogP contribution in [0, 0.1) is 0 Å². The van der Waals surface area contributed by atoms with Gasteiger partial charge in [-0.1, -0.05) is 55.9 Å². The molecule has 6 heteroatoms. The van der Waals surface area contributed by atoms with Crippen molar-refractivity contribution < 1.29 is 0 Å². The lowest BCUT2D eigenvalue weighted by atomic mass is 10.2. The number of nitrogens with zero attached hydrogens (tertiary/aromatic N) is 4. The van der Waals surface area contributed by atoms with E-state index in [4.69, 9.17) is 0 Å². The van der Waals surface area contributed by atoms with Gasteiger partial charge in [-0.05, 0) is 0 Å². The van der Waals surface area contributed by atoms with Crippen LogP contribution in [0.4, 0.5) is 0 Å². The zero-order valence-corrected chi connectivity index (χ0v) is 14.5. The molecular weight excluding hydrogens is 312 g/mol. The van der Waals surface area contributed by atoms with E-state index >= 15 is 0 Å². The van der Waals surface area contributed by atoms with Crippen molar-refractivity contribution in [2.45, 2.75) is 30.7 Å². The molecule has 2 heterocycles. The molecule has 22 heavy (non-hydrogen) atoms. The number of benzene rings is 1. The van der Waals surface area contributed by atoms with Crippen LogP contribution in [-0.2, 0) is 12.8 Å². The van der Waals surface area contributed by atoms with E-state index in [2.05, 4.69) is 34.4 Å². The highest BCUT2D eigenvalue weighted by atomic mass is 32.2. The summed E-state index contributed by atoms with van der Waals surface area (Å²) in [5, 5.41) is 12.9. The fourth-order valence-electron chi connectivity index (χ4n) is 2.07. The molecule has 0 aliphatic heterocycles. The third kappa shape index (κ3) is 3.23. The van der Waals surface area contributed by atoms with Crippen LogP contribution in [0.25, 0.3) is 11.4 Å². The van der Waals surface area contributed by atoms with Crippen molar-refractivity contribution in [2.24, 2.45) is 7.05 Å². The van der Waals surface area contributed by atoms with Gasteiger partial charge in [-0.3, -0.25) is 0 Å². The van der Waals surface area contributed by atoms with Gasteiger partial charge in [0.05, 0.1) is 10.7 Å². The molecule has 0 radical (unpaired) electrons. The molecule has 0 amide bonds. The summed E-state index contributed by atoms with van der Waals surface area (Å²) < 4.78 is 2.04. The Morgan fingerprint density at radius 1 is 1.18 bits per heavy atom. The molecule has 0 saturated carbocycles. The van der Waals surface area contributed by atoms with Gasteiger partial charge < -0.3 is 4.57 Å². The number of thiazole rings is 1. The second-order valence-corrected chi connectivity index (χ2v) is 7.18. The molecule has 0 aliphatic rings. The van der Waals surface area contributed by atoms with Gasteiger partial charge in [-0.15, -0.1) is 21.5 Å². The zero-order valence-electron chi connectivity index (χ0n) is 12.9. The number of hydrogen-bond donors (Lipinski definition) is 0. The predicted octanol–water partition coefficient (Wildman–Crippen LogP) is 4.35. The largest absolute Gasteiger partial charge is 0.305 e. The maximum Gasteiger partial charge on any atom is 0.191 e. The van der Waals surface area contributed by atoms with Crippen molar-refractivity contribution in [1.82, 2.24) is 19.7 Å². The summed E-state index contributed by atoms with van der Waals surface area (Å²) in [5.74, 6) is 2.21. The summed E-state index contributed by atoms with van der Waals surface area (Å²) in [6, 6.07) is 10.1. The smallest absolute Gasteiger partial charge is 0.191 e. The Hall–Kier alpha value is -1.66. The maximum atomic E-state index is 4.66. The average molecular weight is 330 g/mol. The predicted molar refractivity (Wildman–Crippen MR) is 92.2 cm³/mol. The minimum Gasteiger partial charge on any atom is -0.305 e. The highest BCUT2D eigenvalue weighted by Gasteiger charge is 2.12. The lowest BCUT2D eigenvalue weighted by molar-refractivity contribution is 0.793. The molecule has 4 nitrogen and oxygen atoms in total. The Morgan fingerprint density at radius 2 is 1.95 bits per heavy atom. The van der Waals surface area contributed by atoms with Crippen LogP contribution in [-0.4, -0.2) is 19.7 Å². The fraction of sp³-hybridized carbons (Fsp3) is 0.312. The molecule has 2 aromatic heterocycles. The van der Waals surface area contributed by atoms with E-state index in [1.165, 1.54) is 5.01 Å². The molecule has 0 spiro atoms. The Kier molecular flexibility index (Phi) is 4.59. The molecule has 0 atom stereocenters. The minimum atomic E-state index is 0.489. The van der Waals surface area contributed by atoms with E-state index in [1.807, 2.05) is 41.9 Å². The molecule has 0 fully saturated rings. The van der Waals surface area contributed by atoms with Crippen LogP contribution in [0.3, 0.4) is 0 Å². The topological polar surface area (TPSA) is 43.6 Å². The van der Waals surface area contributed by atoms with Gasteiger partial charge in [0.25, 0.3) is 0 Å². The first-order valence-electron chi connectivity index (χ1n) is 7.17. The summed E-state index contributed by atoms with van der Waals surface area (Å²) in [6.45, 7) is 4.34. The molecule has 1 aromatic carbocycles. The van der Waals surface area contributed by atoms with E-state index in [9.17, 15) is 0 Å². The minimum absolute atomic E-state index is 0.489. The van der Waals surface area contributed by atoms with Crippen molar-refractivity contribution in [2.75, 3.05) is 0 Å². The van der Waals surface area contributed by atoms with Crippen LogP contribution in [0.1, 0.15) is 30.5 Å². The second kappa shape index (κ2) is 6.62. The van der Waals surface area contributed by atoms with Crippen molar-refractivity contribution in [3.8, 4) is 11.4 Å². The van der Waals surface area contributed by atoms with E-state index in [1.54, 1.807) is 23.1 Å². The molecule has 0 aliphatic carbocycles. The summed E-state index contributed by atoms with van der Waals surface area (Å²) >= 11 is 3.41. The summed E-state index contributed by atoms with van der Waals surface area (Å²) in [7, 11) is 2.01. The molecule has 0 bridgehead atoms. The molecule has 0 saturated heterocycles. The summed E-state index contributed by atoms with van der Waals surface area (Å²) in [5.41, 5.74) is 2.20. The molecule has 0 unspecified atom stereocenters. The number of aromatic nitrogens is 4. The highest BCUT2D eigenvalue weighted by Crippen LogP contribution is 2.27. The fourth-order valence-corrected chi connectivity index (χ4v) is 3.82. The number of thioether (sulfide) groups is 1. The van der Waals surface area contributed by atoms with E-state index in [-0.39, 0.29) is 0 Å². The van der Waals surface area contributed by atoms with Gasteiger partial charge in [-0.2, -0.15) is 0 Å². The van der Waals surface area contributed by atoms with Crippen LogP contribution < -0.4 is 0 Å². The monoisotopic (exact) mass is 330 g/mol. The number of hydrogen-bond acceptors (Lipinski definition) is 5. The van der Waals surface area contributed by atoms with Gasteiger partial charge in [0.1, 0.15) is 0 Å². The Balaban J connectivity index is 1.72. The normalized spacial score (nSPS) is 11.3. The van der Waals surface area contributed by atoms with E-state index in [0.29, 0.717) is 5.92 Å². The summed E-state index contributed by atoms with van der Waals surface area (Å²) in [6.07, 6.45) is 0. The average Bonchev–Trinajstić information content (AvgIpc) is 3.13. The molecule has 0 N–H and O–H groups in total. The second-order valence-electron chi connectivity index (χ2n) is 5.35. The number of rotatable bonds is 5. The molecule has 3 rings (SSSR count). The van der Waals surface area contributed by atoms with Crippen LogP contribution in [0.15, 0.2) is 40.9 Å². The van der Waals surface area contributed by atoms with Crippen molar-refractivity contribution in [3.05, 3.63) is 46.4 Å². The standard InChI is InChI=1S/C16H18N4S2/c1-11(2)15-17-13(9-21-15)10-22-16-19-18-14(20(16)3)12-7-5-4-6-8-12/h4-9,11H,10H2,1-3H3. The Morgan fingerprint density at radius 3 is 2.64 bits per heavy atom. The third-order valence-corrected chi connectivity index (χ3v) is 5.53. The quantitative estimate of drug-likeness (QED) is 0.652. The summed E-state index contributed by atoms with van der Waals surface area (Å²) in [4.78, 5) is 4.66. The van der Waals surface area contributed by atoms with Crippen LogP contribution in [0.2, 0.25) is 0 Å². The van der Waals surface area contributed by atoms with Gasteiger partial charge >= 0.3 is 0 Å². The van der Waals surface area contributed by atoms with E-state index < -0.39 is 0 Å². The zero-order chi connectivity index (χ0) is 15.5. The maximum absolute atomic E-state index is 4.66. The van der Waals surface area contributed by atoms with Crippen molar-refractivity contribution in [3.63, 3.8) is 0 Å². The molecule has 114 valence electrons. The Labute approximate surface area is 138 Å². The van der Waals surface area contributed by atoms with Gasteiger partial charge in [0.2, 0.25) is 0 Å². The van der Waals surface area contributed by atoms with Crippen LogP contribution >= 0.6 is 23.1 Å². The van der Waals surface area contributed by atoms with Gasteiger partial charge in [0.15, 0.2) is 11.0 Å². The highest BCUT2D eigenvalue weighted by molar-refractivity contribution is 7.98. The first-order chi connectivity index (χ1) is 10.6. The van der Waals surface area contributed by atoms with Gasteiger partial charge in [0, 0.05) is 29.7 Å². The lowest BCUT2D eigenvalue weighted by Crippen LogP contribution is -1.95. The molecule has 3 aromatic rings. The van der Waals surface area contributed by atoms with Gasteiger partial charge in [-0.25, -0.2) is 4.98 Å². The molecular formula is C16H18N4S2. The first-order valence-corrected chi connectivity index (χ1v) is 9.03. The van der Waals surface area contributed by atoms with Crippen molar-refractivity contribution in [1.29, 1.82) is 0 Å². The first kappa shape index (κ1) is 15.2. The van der Waals surface area contributed by atoms with Crippen LogP contribution in [0.5, 0.6) is 0 Å². The lowest BCUT2D eigenvalue weighted by Gasteiger charge is -2.03. The SMILES string of the molecule is CC(C)c1nc(CSc2nnc(-c3ccccc3)n2C)cs1. The van der Waals surface area contributed by atoms with Crippen molar-refractivity contribution >= 4 is 23.1 Å². The third-order valence-electron chi connectivity index (χ3n) is 3.28. The van der Waals surface area contributed by atoms with E-state index in [0.717, 1.165) is 28.0 Å².